The summed E-state index contributed by atoms with van der Waals surface area (Å²) in [5, 5.41) is 11.5. The van der Waals surface area contributed by atoms with Gasteiger partial charge >= 0.3 is 0 Å². The third kappa shape index (κ3) is 5.82. The molecule has 0 aliphatic heterocycles. The smallest absolute Gasteiger partial charge is 0.194 e. The van der Waals surface area contributed by atoms with E-state index in [4.69, 9.17) is 4.99 Å². The number of aliphatic imine (C=N–C) groups is 1. The zero-order chi connectivity index (χ0) is 18.9. The highest BCUT2D eigenvalue weighted by Gasteiger charge is 2.10. The van der Waals surface area contributed by atoms with Crippen molar-refractivity contribution in [3.63, 3.8) is 0 Å². The minimum absolute atomic E-state index is 0.219. The van der Waals surface area contributed by atoms with Crippen molar-refractivity contribution in [2.75, 3.05) is 13.6 Å². The molecule has 0 aliphatic carbocycles. The number of nitrogens with zero attached hydrogens (tertiary/aromatic N) is 5. The average molecular weight is 360 g/mol. The van der Waals surface area contributed by atoms with E-state index in [2.05, 4.69) is 41.2 Å². The van der Waals surface area contributed by atoms with Crippen LogP contribution >= 0.6 is 0 Å². The number of aromatic nitrogens is 3. The van der Waals surface area contributed by atoms with Gasteiger partial charge in [-0.2, -0.15) is 0 Å². The van der Waals surface area contributed by atoms with Crippen molar-refractivity contribution in [3.8, 4) is 0 Å². The lowest BCUT2D eigenvalue weighted by molar-refractivity contribution is 0.457. The standard InChI is InChI=1S/C19H29FN6/c1-5-15(3)23-19(21-11-12-26-14-22-24-18(26)6-2)25(4)13-16-7-9-17(20)10-8-16/h7-10,14-15H,5-6,11-13H2,1-4H3,(H,21,23). The third-order valence-electron chi connectivity index (χ3n) is 4.30. The van der Waals surface area contributed by atoms with Crippen molar-refractivity contribution < 1.29 is 4.39 Å². The van der Waals surface area contributed by atoms with E-state index in [1.165, 1.54) is 12.1 Å². The van der Waals surface area contributed by atoms with Gasteiger partial charge in [0.05, 0.1) is 6.54 Å². The molecule has 0 bridgehead atoms. The molecule has 0 amide bonds. The van der Waals surface area contributed by atoms with Gasteiger partial charge in [0.1, 0.15) is 18.0 Å². The van der Waals surface area contributed by atoms with Crippen LogP contribution in [0.4, 0.5) is 4.39 Å². The topological polar surface area (TPSA) is 58.3 Å². The largest absolute Gasteiger partial charge is 0.354 e. The molecule has 7 heteroatoms. The van der Waals surface area contributed by atoms with E-state index in [1.54, 1.807) is 18.5 Å². The summed E-state index contributed by atoms with van der Waals surface area (Å²) in [4.78, 5) is 6.82. The van der Waals surface area contributed by atoms with Crippen molar-refractivity contribution >= 4 is 5.96 Å². The second-order valence-electron chi connectivity index (χ2n) is 6.44. The summed E-state index contributed by atoms with van der Waals surface area (Å²) in [7, 11) is 1.99. The van der Waals surface area contributed by atoms with E-state index in [0.29, 0.717) is 19.1 Å². The van der Waals surface area contributed by atoms with E-state index >= 15 is 0 Å². The maximum atomic E-state index is 13.1. The quantitative estimate of drug-likeness (QED) is 0.581. The summed E-state index contributed by atoms with van der Waals surface area (Å²) >= 11 is 0. The fourth-order valence-corrected chi connectivity index (χ4v) is 2.54. The molecule has 1 N–H and O–H groups in total. The van der Waals surface area contributed by atoms with Gasteiger partial charge in [0.25, 0.3) is 0 Å². The molecule has 0 aliphatic rings. The van der Waals surface area contributed by atoms with Crippen LogP contribution in [0.1, 0.15) is 38.6 Å². The van der Waals surface area contributed by atoms with Gasteiger partial charge in [-0.05, 0) is 31.0 Å². The lowest BCUT2D eigenvalue weighted by Crippen LogP contribution is -2.43. The Balaban J connectivity index is 2.04. The molecule has 26 heavy (non-hydrogen) atoms. The van der Waals surface area contributed by atoms with Crippen molar-refractivity contribution in [1.82, 2.24) is 25.0 Å². The van der Waals surface area contributed by atoms with E-state index in [-0.39, 0.29) is 5.82 Å². The molecule has 2 aromatic rings. The van der Waals surface area contributed by atoms with Crippen LogP contribution in [0, 0.1) is 5.82 Å². The van der Waals surface area contributed by atoms with Gasteiger partial charge in [-0.3, -0.25) is 4.99 Å². The molecular weight excluding hydrogens is 331 g/mol. The molecule has 142 valence electrons. The molecule has 1 atom stereocenters. The molecule has 0 fully saturated rings. The number of aryl methyl sites for hydroxylation is 1. The van der Waals surface area contributed by atoms with Gasteiger partial charge in [0, 0.05) is 32.6 Å². The predicted octanol–water partition coefficient (Wildman–Crippen LogP) is 2.86. The Bertz CT molecular complexity index is 694. The van der Waals surface area contributed by atoms with Crippen LogP contribution in [0.5, 0.6) is 0 Å². The zero-order valence-electron chi connectivity index (χ0n) is 16.1. The van der Waals surface area contributed by atoms with Crippen molar-refractivity contribution in [3.05, 3.63) is 47.8 Å². The molecule has 0 saturated heterocycles. The van der Waals surface area contributed by atoms with Gasteiger partial charge in [0.2, 0.25) is 0 Å². The highest BCUT2D eigenvalue weighted by Crippen LogP contribution is 2.06. The van der Waals surface area contributed by atoms with Gasteiger partial charge in [-0.25, -0.2) is 4.39 Å². The van der Waals surface area contributed by atoms with Gasteiger partial charge in [-0.1, -0.05) is 26.0 Å². The summed E-state index contributed by atoms with van der Waals surface area (Å²) in [5.74, 6) is 1.59. The molecular formula is C19H29FN6. The van der Waals surface area contributed by atoms with Crippen LogP contribution in [0.25, 0.3) is 0 Å². The number of hydrogen-bond acceptors (Lipinski definition) is 3. The molecule has 0 radical (unpaired) electrons. The first kappa shape index (κ1) is 19.9. The second-order valence-corrected chi connectivity index (χ2v) is 6.44. The van der Waals surface area contributed by atoms with Crippen LogP contribution in [0.15, 0.2) is 35.6 Å². The Labute approximate surface area is 155 Å². The fourth-order valence-electron chi connectivity index (χ4n) is 2.54. The summed E-state index contributed by atoms with van der Waals surface area (Å²) in [6.07, 6.45) is 3.61. The maximum Gasteiger partial charge on any atom is 0.194 e. The van der Waals surface area contributed by atoms with E-state index in [0.717, 1.165) is 36.7 Å². The van der Waals surface area contributed by atoms with E-state index in [1.807, 2.05) is 11.6 Å². The highest BCUT2D eigenvalue weighted by molar-refractivity contribution is 5.80. The Morgan fingerprint density at radius 3 is 2.69 bits per heavy atom. The fraction of sp³-hybridized carbons (Fsp3) is 0.526. The lowest BCUT2D eigenvalue weighted by atomic mass is 10.2. The number of nitrogens with one attached hydrogen (secondary N) is 1. The Hall–Kier alpha value is -2.44. The molecule has 1 unspecified atom stereocenters. The molecule has 1 aromatic heterocycles. The summed E-state index contributed by atoms with van der Waals surface area (Å²) in [6, 6.07) is 6.90. The Morgan fingerprint density at radius 1 is 1.31 bits per heavy atom. The molecule has 0 spiro atoms. The van der Waals surface area contributed by atoms with Crippen LogP contribution in [0.2, 0.25) is 0 Å². The summed E-state index contributed by atoms with van der Waals surface area (Å²) in [5.41, 5.74) is 1.04. The first-order chi connectivity index (χ1) is 12.5. The first-order valence-corrected chi connectivity index (χ1v) is 9.16. The van der Waals surface area contributed by atoms with Crippen molar-refractivity contribution in [2.24, 2.45) is 4.99 Å². The van der Waals surface area contributed by atoms with Crippen LogP contribution in [0.3, 0.4) is 0 Å². The van der Waals surface area contributed by atoms with Crippen LogP contribution in [-0.2, 0) is 19.5 Å². The Morgan fingerprint density at radius 2 is 2.04 bits per heavy atom. The van der Waals surface area contributed by atoms with Gasteiger partial charge in [0.15, 0.2) is 5.96 Å². The maximum absolute atomic E-state index is 13.1. The Kier molecular flexibility index (Phi) is 7.56. The number of guanidine groups is 1. The molecule has 6 nitrogen and oxygen atoms in total. The van der Waals surface area contributed by atoms with Crippen LogP contribution in [-0.4, -0.2) is 45.3 Å². The van der Waals surface area contributed by atoms with Crippen molar-refractivity contribution in [2.45, 2.75) is 52.7 Å². The monoisotopic (exact) mass is 360 g/mol. The lowest BCUT2D eigenvalue weighted by Gasteiger charge is -2.25. The number of hydrogen-bond donors (Lipinski definition) is 1. The van der Waals surface area contributed by atoms with Gasteiger partial charge < -0.3 is 14.8 Å². The van der Waals surface area contributed by atoms with Crippen molar-refractivity contribution in [1.29, 1.82) is 0 Å². The van der Waals surface area contributed by atoms with Crippen LogP contribution < -0.4 is 5.32 Å². The first-order valence-electron chi connectivity index (χ1n) is 9.16. The summed E-state index contributed by atoms with van der Waals surface area (Å²) < 4.78 is 15.1. The number of benzene rings is 1. The number of rotatable bonds is 8. The second kappa shape index (κ2) is 9.89. The molecule has 0 saturated carbocycles. The average Bonchev–Trinajstić information content (AvgIpc) is 3.10. The van der Waals surface area contributed by atoms with Gasteiger partial charge in [-0.15, -0.1) is 10.2 Å². The number of halogens is 1. The molecule has 1 aromatic carbocycles. The SMILES string of the molecule is CCc1nncn1CCN=C(NC(C)CC)N(C)Cc1ccc(F)cc1. The highest BCUT2D eigenvalue weighted by atomic mass is 19.1. The zero-order valence-corrected chi connectivity index (χ0v) is 16.1. The third-order valence-corrected chi connectivity index (χ3v) is 4.30. The molecule has 1 heterocycles. The minimum Gasteiger partial charge on any atom is -0.354 e. The normalized spacial score (nSPS) is 12.9. The minimum atomic E-state index is -0.219. The van der Waals surface area contributed by atoms with E-state index < -0.39 is 0 Å². The summed E-state index contributed by atoms with van der Waals surface area (Å²) in [6.45, 7) is 8.38. The van der Waals surface area contributed by atoms with E-state index in [9.17, 15) is 4.39 Å². The molecule has 2 rings (SSSR count). The predicted molar refractivity (Wildman–Crippen MR) is 102 cm³/mol.